The van der Waals surface area contributed by atoms with Gasteiger partial charge in [0.15, 0.2) is 0 Å². The molecule has 0 heterocycles. The molecule has 0 amide bonds. The lowest BCUT2D eigenvalue weighted by Crippen LogP contribution is -1.92. The van der Waals surface area contributed by atoms with E-state index in [1.807, 2.05) is 18.2 Å². The summed E-state index contributed by atoms with van der Waals surface area (Å²) in [6.45, 7) is -0.0292. The molecule has 0 aliphatic rings. The number of aliphatic hydroxyl groups is 1. The molecule has 0 atom stereocenters. The van der Waals surface area contributed by atoms with E-state index in [2.05, 4.69) is 11.8 Å². The number of hydrogen-bond acceptors (Lipinski definition) is 2. The van der Waals surface area contributed by atoms with Gasteiger partial charge >= 0.3 is 0 Å². The molecule has 2 nitrogen and oxygen atoms in total. The predicted octanol–water partition coefficient (Wildman–Crippen LogP) is 2.17. The fourth-order valence-corrected chi connectivity index (χ4v) is 1.26. The first-order chi connectivity index (χ1) is 7.31. The van der Waals surface area contributed by atoms with Crippen molar-refractivity contribution in [3.05, 3.63) is 29.3 Å². The van der Waals surface area contributed by atoms with Crippen molar-refractivity contribution in [1.29, 1.82) is 0 Å². The second kappa shape index (κ2) is 6.34. The third-order valence-electron chi connectivity index (χ3n) is 1.91. The summed E-state index contributed by atoms with van der Waals surface area (Å²) in [7, 11) is 1.57. The Morgan fingerprint density at radius 2 is 2.27 bits per heavy atom. The molecule has 0 spiro atoms. The van der Waals surface area contributed by atoms with E-state index >= 15 is 0 Å². The summed E-state index contributed by atoms with van der Waals surface area (Å²) >= 11 is 5.51. The standard InChI is InChI=1S/C12H13ClO2/c1-15-12-8-10(4-2-3-7-13)5-6-11(12)9-14/h5-6,8,14H,3,7,9H2,1H3. The van der Waals surface area contributed by atoms with E-state index in [9.17, 15) is 0 Å². The molecule has 0 fully saturated rings. The first kappa shape index (κ1) is 11.9. The Hall–Kier alpha value is -1.17. The van der Waals surface area contributed by atoms with Gasteiger partial charge in [0.05, 0.1) is 13.7 Å². The second-order valence-electron chi connectivity index (χ2n) is 2.93. The quantitative estimate of drug-likeness (QED) is 0.630. The average Bonchev–Trinajstić information content (AvgIpc) is 2.29. The van der Waals surface area contributed by atoms with Crippen molar-refractivity contribution < 1.29 is 9.84 Å². The zero-order chi connectivity index (χ0) is 11.1. The number of aliphatic hydroxyl groups excluding tert-OH is 1. The molecule has 0 saturated heterocycles. The van der Waals surface area contributed by atoms with Crippen LogP contribution in [0.2, 0.25) is 0 Å². The molecule has 1 aromatic carbocycles. The average molecular weight is 225 g/mol. The van der Waals surface area contributed by atoms with Crippen LogP contribution in [0.3, 0.4) is 0 Å². The Bertz CT molecular complexity index is 377. The Balaban J connectivity index is 2.89. The van der Waals surface area contributed by atoms with Gasteiger partial charge in [0.25, 0.3) is 0 Å². The van der Waals surface area contributed by atoms with E-state index < -0.39 is 0 Å². The lowest BCUT2D eigenvalue weighted by molar-refractivity contribution is 0.274. The van der Waals surface area contributed by atoms with Crippen LogP contribution in [0, 0.1) is 11.8 Å². The largest absolute Gasteiger partial charge is 0.496 e. The van der Waals surface area contributed by atoms with Crippen LogP contribution < -0.4 is 4.74 Å². The SMILES string of the molecule is COc1cc(C#CCCCl)ccc1CO. The van der Waals surface area contributed by atoms with E-state index in [4.69, 9.17) is 21.4 Å². The van der Waals surface area contributed by atoms with E-state index in [1.165, 1.54) is 0 Å². The molecule has 3 heteroatoms. The van der Waals surface area contributed by atoms with Gasteiger partial charge in [-0.25, -0.2) is 0 Å². The molecule has 1 N–H and O–H groups in total. The van der Waals surface area contributed by atoms with Gasteiger partial charge in [0.1, 0.15) is 5.75 Å². The summed E-state index contributed by atoms with van der Waals surface area (Å²) in [4.78, 5) is 0. The zero-order valence-electron chi connectivity index (χ0n) is 8.59. The van der Waals surface area contributed by atoms with Crippen LogP contribution in [0.15, 0.2) is 18.2 Å². The Labute approximate surface area is 94.8 Å². The lowest BCUT2D eigenvalue weighted by atomic mass is 10.1. The van der Waals surface area contributed by atoms with E-state index in [0.29, 0.717) is 18.1 Å². The fourth-order valence-electron chi connectivity index (χ4n) is 1.16. The number of hydrogen-bond donors (Lipinski definition) is 1. The molecule has 0 bridgehead atoms. The van der Waals surface area contributed by atoms with Gasteiger partial charge in [-0.15, -0.1) is 11.6 Å². The number of alkyl halides is 1. The van der Waals surface area contributed by atoms with Crippen LogP contribution in [-0.4, -0.2) is 18.1 Å². The van der Waals surface area contributed by atoms with Gasteiger partial charge in [-0.1, -0.05) is 17.9 Å². The van der Waals surface area contributed by atoms with Gasteiger partial charge in [0.2, 0.25) is 0 Å². The van der Waals surface area contributed by atoms with Gasteiger partial charge in [0, 0.05) is 23.4 Å². The topological polar surface area (TPSA) is 29.5 Å². The third-order valence-corrected chi connectivity index (χ3v) is 2.10. The molecular formula is C12H13ClO2. The summed E-state index contributed by atoms with van der Waals surface area (Å²) in [5.41, 5.74) is 1.63. The van der Waals surface area contributed by atoms with Crippen molar-refractivity contribution in [2.45, 2.75) is 13.0 Å². The molecule has 80 valence electrons. The first-order valence-corrected chi connectivity index (χ1v) is 5.18. The number of benzene rings is 1. The van der Waals surface area contributed by atoms with Crippen molar-refractivity contribution >= 4 is 11.6 Å². The van der Waals surface area contributed by atoms with Gasteiger partial charge in [-0.3, -0.25) is 0 Å². The maximum absolute atomic E-state index is 9.02. The number of halogens is 1. The molecular weight excluding hydrogens is 212 g/mol. The van der Waals surface area contributed by atoms with Crippen LogP contribution in [0.4, 0.5) is 0 Å². The zero-order valence-corrected chi connectivity index (χ0v) is 9.34. The number of methoxy groups -OCH3 is 1. The highest BCUT2D eigenvalue weighted by molar-refractivity contribution is 6.18. The highest BCUT2D eigenvalue weighted by atomic mass is 35.5. The Morgan fingerprint density at radius 3 is 2.87 bits per heavy atom. The van der Waals surface area contributed by atoms with Crippen molar-refractivity contribution in [2.24, 2.45) is 0 Å². The normalized spacial score (nSPS) is 9.27. The highest BCUT2D eigenvalue weighted by Crippen LogP contribution is 2.19. The van der Waals surface area contributed by atoms with Gasteiger partial charge in [-0.05, 0) is 12.1 Å². The second-order valence-corrected chi connectivity index (χ2v) is 3.30. The molecule has 15 heavy (non-hydrogen) atoms. The summed E-state index contributed by atoms with van der Waals surface area (Å²) in [5, 5.41) is 9.02. The summed E-state index contributed by atoms with van der Waals surface area (Å²) in [5.74, 6) is 7.12. The van der Waals surface area contributed by atoms with Crippen LogP contribution in [-0.2, 0) is 6.61 Å². The number of ether oxygens (including phenoxy) is 1. The predicted molar refractivity (Wildman–Crippen MR) is 61.1 cm³/mol. The van der Waals surface area contributed by atoms with Crippen LogP contribution in [0.25, 0.3) is 0 Å². The molecule has 0 aliphatic heterocycles. The summed E-state index contributed by atoms with van der Waals surface area (Å²) in [6, 6.07) is 5.48. The smallest absolute Gasteiger partial charge is 0.125 e. The van der Waals surface area contributed by atoms with E-state index in [1.54, 1.807) is 7.11 Å². The third kappa shape index (κ3) is 3.47. The number of rotatable bonds is 3. The van der Waals surface area contributed by atoms with Crippen LogP contribution in [0.1, 0.15) is 17.5 Å². The van der Waals surface area contributed by atoms with Crippen molar-refractivity contribution in [1.82, 2.24) is 0 Å². The summed E-state index contributed by atoms with van der Waals surface area (Å²) in [6.07, 6.45) is 0.672. The summed E-state index contributed by atoms with van der Waals surface area (Å²) < 4.78 is 5.13. The Morgan fingerprint density at radius 1 is 1.47 bits per heavy atom. The van der Waals surface area contributed by atoms with Crippen LogP contribution in [0.5, 0.6) is 5.75 Å². The fraction of sp³-hybridized carbons (Fsp3) is 0.333. The van der Waals surface area contributed by atoms with E-state index in [-0.39, 0.29) is 6.61 Å². The minimum absolute atomic E-state index is 0.0292. The van der Waals surface area contributed by atoms with Crippen molar-refractivity contribution in [2.75, 3.05) is 13.0 Å². The molecule has 0 aliphatic carbocycles. The Kier molecular flexibility index (Phi) is 5.03. The maximum Gasteiger partial charge on any atom is 0.125 e. The van der Waals surface area contributed by atoms with Gasteiger partial charge in [-0.2, -0.15) is 0 Å². The molecule has 0 radical (unpaired) electrons. The minimum atomic E-state index is -0.0292. The first-order valence-electron chi connectivity index (χ1n) is 4.64. The maximum atomic E-state index is 9.02. The van der Waals surface area contributed by atoms with Crippen LogP contribution >= 0.6 is 11.6 Å². The minimum Gasteiger partial charge on any atom is -0.496 e. The monoisotopic (exact) mass is 224 g/mol. The molecule has 0 saturated carbocycles. The highest BCUT2D eigenvalue weighted by Gasteiger charge is 2.01. The molecule has 1 rings (SSSR count). The lowest BCUT2D eigenvalue weighted by Gasteiger charge is -2.05. The van der Waals surface area contributed by atoms with Crippen molar-refractivity contribution in [3.8, 4) is 17.6 Å². The van der Waals surface area contributed by atoms with Crippen molar-refractivity contribution in [3.63, 3.8) is 0 Å². The molecule has 1 aromatic rings. The molecule has 0 unspecified atom stereocenters. The van der Waals surface area contributed by atoms with E-state index in [0.717, 1.165) is 11.1 Å². The van der Waals surface area contributed by atoms with Gasteiger partial charge < -0.3 is 9.84 Å². The molecule has 0 aromatic heterocycles.